The highest BCUT2D eigenvalue weighted by molar-refractivity contribution is 5.80. The Kier molecular flexibility index (Phi) is 3.01. The average molecular weight is 211 g/mol. The van der Waals surface area contributed by atoms with E-state index in [1.807, 2.05) is 0 Å². The summed E-state index contributed by atoms with van der Waals surface area (Å²) in [5, 5.41) is 13.1. The number of hydrogen-bond donors (Lipinski definition) is 2. The zero-order valence-electron chi connectivity index (χ0n) is 9.46. The van der Waals surface area contributed by atoms with Gasteiger partial charge in [0.1, 0.15) is 0 Å². The molecule has 0 spiro atoms. The molecule has 2 rings (SSSR count). The monoisotopic (exact) mass is 211 g/mol. The Bertz CT molecular complexity index is 240. The second-order valence-corrected chi connectivity index (χ2v) is 5.40. The summed E-state index contributed by atoms with van der Waals surface area (Å²) in [4.78, 5) is 11.4. The lowest BCUT2D eigenvalue weighted by Gasteiger charge is -2.34. The van der Waals surface area contributed by atoms with E-state index in [9.17, 15) is 9.90 Å². The molecular weight excluding hydrogens is 190 g/mol. The lowest BCUT2D eigenvalue weighted by molar-refractivity contribution is -0.124. The fourth-order valence-electron chi connectivity index (χ4n) is 2.22. The molecule has 1 amide bonds. The van der Waals surface area contributed by atoms with E-state index in [2.05, 4.69) is 12.2 Å². The summed E-state index contributed by atoms with van der Waals surface area (Å²) in [6, 6.07) is 0. The minimum atomic E-state index is -0.628. The fraction of sp³-hybridized carbons (Fsp3) is 0.917. The van der Waals surface area contributed by atoms with E-state index in [0.29, 0.717) is 6.54 Å². The van der Waals surface area contributed by atoms with Crippen LogP contribution in [-0.4, -0.2) is 23.2 Å². The van der Waals surface area contributed by atoms with Crippen molar-refractivity contribution in [1.82, 2.24) is 5.32 Å². The summed E-state index contributed by atoms with van der Waals surface area (Å²) in [7, 11) is 0. The maximum atomic E-state index is 11.4. The molecular formula is C12H21NO2. The summed E-state index contributed by atoms with van der Waals surface area (Å²) < 4.78 is 0. The molecule has 0 saturated heterocycles. The largest absolute Gasteiger partial charge is 0.388 e. The van der Waals surface area contributed by atoms with Crippen LogP contribution < -0.4 is 5.32 Å². The van der Waals surface area contributed by atoms with Crippen molar-refractivity contribution in [3.63, 3.8) is 0 Å². The number of nitrogens with one attached hydrogen (secondary N) is 1. The van der Waals surface area contributed by atoms with Crippen LogP contribution in [-0.2, 0) is 4.79 Å². The zero-order chi connectivity index (χ0) is 10.9. The van der Waals surface area contributed by atoms with Gasteiger partial charge in [0, 0.05) is 12.5 Å². The molecule has 2 aliphatic carbocycles. The normalized spacial score (nSPS) is 36.3. The van der Waals surface area contributed by atoms with Gasteiger partial charge in [-0.3, -0.25) is 4.79 Å². The molecule has 15 heavy (non-hydrogen) atoms. The van der Waals surface area contributed by atoms with Gasteiger partial charge in [-0.2, -0.15) is 0 Å². The van der Waals surface area contributed by atoms with Crippen LogP contribution in [0.4, 0.5) is 0 Å². The van der Waals surface area contributed by atoms with Crippen molar-refractivity contribution in [2.75, 3.05) is 6.54 Å². The van der Waals surface area contributed by atoms with Crippen molar-refractivity contribution in [1.29, 1.82) is 0 Å². The highest BCUT2D eigenvalue weighted by Gasteiger charge is 2.34. The first-order chi connectivity index (χ1) is 7.09. The average Bonchev–Trinajstić information content (AvgIpc) is 3.03. The number of rotatable bonds is 3. The Morgan fingerprint density at radius 3 is 2.47 bits per heavy atom. The van der Waals surface area contributed by atoms with Crippen LogP contribution in [0.5, 0.6) is 0 Å². The molecule has 2 fully saturated rings. The minimum Gasteiger partial charge on any atom is -0.388 e. The minimum absolute atomic E-state index is 0.141. The first-order valence-corrected chi connectivity index (χ1v) is 6.09. The van der Waals surface area contributed by atoms with Gasteiger partial charge >= 0.3 is 0 Å². The molecule has 2 N–H and O–H groups in total. The number of amides is 1. The van der Waals surface area contributed by atoms with E-state index in [-0.39, 0.29) is 11.8 Å². The van der Waals surface area contributed by atoms with E-state index in [4.69, 9.17) is 0 Å². The topological polar surface area (TPSA) is 49.3 Å². The van der Waals surface area contributed by atoms with Gasteiger partial charge < -0.3 is 10.4 Å². The summed E-state index contributed by atoms with van der Waals surface area (Å²) in [5.74, 6) is 1.11. The van der Waals surface area contributed by atoms with Gasteiger partial charge in [0.2, 0.25) is 5.91 Å². The predicted molar refractivity (Wildman–Crippen MR) is 58.3 cm³/mol. The van der Waals surface area contributed by atoms with Gasteiger partial charge in [0.25, 0.3) is 0 Å². The maximum absolute atomic E-state index is 11.4. The summed E-state index contributed by atoms with van der Waals surface area (Å²) in [6.45, 7) is 2.68. The molecule has 0 unspecified atom stereocenters. The second kappa shape index (κ2) is 4.12. The van der Waals surface area contributed by atoms with Crippen LogP contribution in [0.1, 0.15) is 45.4 Å². The van der Waals surface area contributed by atoms with Crippen LogP contribution in [0, 0.1) is 11.8 Å². The Morgan fingerprint density at radius 2 is 1.93 bits per heavy atom. The fourth-order valence-corrected chi connectivity index (χ4v) is 2.22. The van der Waals surface area contributed by atoms with Gasteiger partial charge in [0.15, 0.2) is 0 Å². The molecule has 0 aromatic carbocycles. The van der Waals surface area contributed by atoms with Gasteiger partial charge in [-0.05, 0) is 44.4 Å². The van der Waals surface area contributed by atoms with Crippen molar-refractivity contribution >= 4 is 5.91 Å². The third kappa shape index (κ3) is 2.94. The molecule has 3 heteroatoms. The maximum Gasteiger partial charge on any atom is 0.223 e. The molecule has 2 saturated carbocycles. The zero-order valence-corrected chi connectivity index (χ0v) is 9.46. The van der Waals surface area contributed by atoms with Crippen LogP contribution >= 0.6 is 0 Å². The number of aliphatic hydroxyl groups is 1. The number of carbonyl (C=O) groups is 1. The Morgan fingerprint density at radius 1 is 1.33 bits per heavy atom. The molecule has 0 aromatic heterocycles. The van der Waals surface area contributed by atoms with Crippen LogP contribution in [0.3, 0.4) is 0 Å². The molecule has 0 heterocycles. The predicted octanol–water partition coefficient (Wildman–Crippen LogP) is 1.45. The van der Waals surface area contributed by atoms with Crippen LogP contribution in [0.2, 0.25) is 0 Å². The van der Waals surface area contributed by atoms with Crippen LogP contribution in [0.25, 0.3) is 0 Å². The highest BCUT2D eigenvalue weighted by atomic mass is 16.3. The molecule has 86 valence electrons. The van der Waals surface area contributed by atoms with Gasteiger partial charge in [0.05, 0.1) is 5.60 Å². The number of carbonyl (C=O) groups excluding carboxylic acids is 1. The van der Waals surface area contributed by atoms with Crippen molar-refractivity contribution in [2.24, 2.45) is 11.8 Å². The van der Waals surface area contributed by atoms with Crippen molar-refractivity contribution in [2.45, 2.75) is 51.0 Å². The van der Waals surface area contributed by atoms with Crippen LogP contribution in [0.15, 0.2) is 0 Å². The first kappa shape index (κ1) is 10.9. The SMILES string of the molecule is CC1CCC(O)(CNC(=O)C2CC2)CC1. The lowest BCUT2D eigenvalue weighted by Crippen LogP contribution is -2.45. The van der Waals surface area contributed by atoms with Crippen molar-refractivity contribution < 1.29 is 9.90 Å². The lowest BCUT2D eigenvalue weighted by atomic mass is 9.79. The van der Waals surface area contributed by atoms with Gasteiger partial charge in [-0.25, -0.2) is 0 Å². The molecule has 0 radical (unpaired) electrons. The third-order valence-electron chi connectivity index (χ3n) is 3.74. The quantitative estimate of drug-likeness (QED) is 0.742. The smallest absolute Gasteiger partial charge is 0.223 e. The molecule has 3 nitrogen and oxygen atoms in total. The summed E-state index contributed by atoms with van der Waals surface area (Å²) in [5.41, 5.74) is -0.628. The first-order valence-electron chi connectivity index (χ1n) is 6.09. The molecule has 2 aliphatic rings. The molecule has 0 bridgehead atoms. The summed E-state index contributed by atoms with van der Waals surface area (Å²) >= 11 is 0. The third-order valence-corrected chi connectivity index (χ3v) is 3.74. The van der Waals surface area contributed by atoms with Crippen molar-refractivity contribution in [3.8, 4) is 0 Å². The summed E-state index contributed by atoms with van der Waals surface area (Å²) in [6.07, 6.45) is 5.88. The van der Waals surface area contributed by atoms with E-state index >= 15 is 0 Å². The number of hydrogen-bond acceptors (Lipinski definition) is 2. The Hall–Kier alpha value is -0.570. The van der Waals surface area contributed by atoms with E-state index < -0.39 is 5.60 Å². The van der Waals surface area contributed by atoms with Gasteiger partial charge in [-0.1, -0.05) is 6.92 Å². The van der Waals surface area contributed by atoms with Crippen molar-refractivity contribution in [3.05, 3.63) is 0 Å². The van der Waals surface area contributed by atoms with E-state index in [1.54, 1.807) is 0 Å². The standard InChI is InChI=1S/C12H21NO2/c1-9-4-6-12(15,7-5-9)8-13-11(14)10-2-3-10/h9-10,15H,2-8H2,1H3,(H,13,14). The van der Waals surface area contributed by atoms with E-state index in [0.717, 1.165) is 44.4 Å². The molecule has 0 atom stereocenters. The molecule has 0 aromatic rings. The van der Waals surface area contributed by atoms with E-state index in [1.165, 1.54) is 0 Å². The Balaban J connectivity index is 1.74. The molecule has 0 aliphatic heterocycles. The highest BCUT2D eigenvalue weighted by Crippen LogP contribution is 2.32. The van der Waals surface area contributed by atoms with Gasteiger partial charge in [-0.15, -0.1) is 0 Å². The Labute approximate surface area is 91.2 Å². The second-order valence-electron chi connectivity index (χ2n) is 5.40.